The summed E-state index contributed by atoms with van der Waals surface area (Å²) in [6, 6.07) is 9.43. The highest BCUT2D eigenvalue weighted by molar-refractivity contribution is 5.48. The quantitative estimate of drug-likeness (QED) is 0.777. The molecule has 0 aromatic heterocycles. The molecule has 1 fully saturated rings. The molecule has 1 aliphatic heterocycles. The van der Waals surface area contributed by atoms with Gasteiger partial charge < -0.3 is 14.6 Å². The van der Waals surface area contributed by atoms with Crippen LogP contribution in [0.5, 0.6) is 17.2 Å². The van der Waals surface area contributed by atoms with Gasteiger partial charge >= 0.3 is 0 Å². The highest BCUT2D eigenvalue weighted by Gasteiger charge is 2.38. The third-order valence-corrected chi connectivity index (χ3v) is 4.53. The van der Waals surface area contributed by atoms with Crippen LogP contribution in [0.4, 0.5) is 4.39 Å². The maximum Gasteiger partial charge on any atom is 0.165 e. The Labute approximate surface area is 146 Å². The van der Waals surface area contributed by atoms with Crippen molar-refractivity contribution in [3.05, 3.63) is 53.3 Å². The third-order valence-electron chi connectivity index (χ3n) is 4.53. The zero-order valence-electron chi connectivity index (χ0n) is 14.5. The van der Waals surface area contributed by atoms with Gasteiger partial charge in [0.15, 0.2) is 11.6 Å². The molecule has 0 bridgehead atoms. The van der Waals surface area contributed by atoms with Gasteiger partial charge in [-0.2, -0.15) is 0 Å². The smallest absolute Gasteiger partial charge is 0.165 e. The number of ether oxygens (including phenoxy) is 2. The molecule has 1 aliphatic rings. The van der Waals surface area contributed by atoms with Gasteiger partial charge in [0.1, 0.15) is 17.6 Å². The minimum Gasteiger partial charge on any atom is -0.507 e. The number of phenolic OH excluding ortho intramolecular Hbond substituents is 1. The molecule has 0 radical (unpaired) electrons. The number of aryl methyl sites for hydroxylation is 1. The van der Waals surface area contributed by atoms with Crippen LogP contribution in [0.15, 0.2) is 36.4 Å². The van der Waals surface area contributed by atoms with Crippen molar-refractivity contribution in [2.24, 2.45) is 0 Å². The molecule has 25 heavy (non-hydrogen) atoms. The van der Waals surface area contributed by atoms with Crippen LogP contribution in [-0.4, -0.2) is 24.4 Å². The van der Waals surface area contributed by atoms with Gasteiger partial charge in [-0.15, -0.1) is 0 Å². The van der Waals surface area contributed by atoms with Crippen molar-refractivity contribution in [1.82, 2.24) is 10.9 Å². The summed E-state index contributed by atoms with van der Waals surface area (Å²) in [6.07, 6.45) is 0.381. The number of phenols is 1. The summed E-state index contributed by atoms with van der Waals surface area (Å²) in [5, 5.41) is 10.5. The van der Waals surface area contributed by atoms with Crippen molar-refractivity contribution < 1.29 is 19.0 Å². The van der Waals surface area contributed by atoms with Gasteiger partial charge in [0.05, 0.1) is 19.2 Å². The molecule has 1 heterocycles. The van der Waals surface area contributed by atoms with Crippen molar-refractivity contribution in [3.63, 3.8) is 0 Å². The van der Waals surface area contributed by atoms with E-state index in [2.05, 4.69) is 10.9 Å². The largest absolute Gasteiger partial charge is 0.507 e. The van der Waals surface area contributed by atoms with Crippen LogP contribution >= 0.6 is 0 Å². The summed E-state index contributed by atoms with van der Waals surface area (Å²) in [6.45, 7) is 3.97. The molecule has 0 spiro atoms. The Morgan fingerprint density at radius 2 is 1.92 bits per heavy atom. The molecular formula is C19H23FN2O3. The minimum absolute atomic E-state index is 0.0730. The van der Waals surface area contributed by atoms with Crippen LogP contribution in [0.3, 0.4) is 0 Å². The van der Waals surface area contributed by atoms with Gasteiger partial charge in [-0.1, -0.05) is 19.1 Å². The molecule has 0 amide bonds. The first-order valence-electron chi connectivity index (χ1n) is 8.37. The molecule has 3 unspecified atom stereocenters. The zero-order valence-corrected chi connectivity index (χ0v) is 14.5. The van der Waals surface area contributed by atoms with E-state index in [1.807, 2.05) is 19.9 Å². The molecule has 6 heteroatoms. The molecule has 2 aromatic carbocycles. The fraction of sp³-hybridized carbons (Fsp3) is 0.368. The van der Waals surface area contributed by atoms with E-state index in [1.165, 1.54) is 6.07 Å². The fourth-order valence-corrected chi connectivity index (χ4v) is 3.13. The fourth-order valence-electron chi connectivity index (χ4n) is 3.13. The number of benzene rings is 2. The van der Waals surface area contributed by atoms with Gasteiger partial charge in [-0.3, -0.25) is 5.43 Å². The average molecular weight is 346 g/mol. The van der Waals surface area contributed by atoms with Crippen molar-refractivity contribution >= 4 is 0 Å². The second-order valence-electron chi connectivity index (χ2n) is 6.14. The van der Waals surface area contributed by atoms with Crippen LogP contribution < -0.4 is 20.3 Å². The number of methoxy groups -OCH3 is 1. The number of aromatic hydroxyl groups is 1. The van der Waals surface area contributed by atoms with Crippen molar-refractivity contribution in [2.75, 3.05) is 7.11 Å². The summed E-state index contributed by atoms with van der Waals surface area (Å²) < 4.78 is 25.2. The van der Waals surface area contributed by atoms with E-state index in [-0.39, 0.29) is 29.7 Å². The van der Waals surface area contributed by atoms with E-state index in [4.69, 9.17) is 9.47 Å². The Morgan fingerprint density at radius 1 is 1.16 bits per heavy atom. The SMILES string of the molecule is CCc1cc(C2NNC(C)C2Oc2ccccc2F)c(O)cc1OC. The van der Waals surface area contributed by atoms with Gasteiger partial charge in [-0.25, -0.2) is 9.82 Å². The Balaban J connectivity index is 1.94. The molecule has 3 N–H and O–H groups in total. The second kappa shape index (κ2) is 7.29. The maximum atomic E-state index is 14.0. The van der Waals surface area contributed by atoms with Gasteiger partial charge in [0.2, 0.25) is 0 Å². The Morgan fingerprint density at radius 3 is 2.60 bits per heavy atom. The number of nitrogens with one attached hydrogen (secondary N) is 2. The molecule has 2 aromatic rings. The van der Waals surface area contributed by atoms with Crippen LogP contribution in [0.1, 0.15) is 31.0 Å². The topological polar surface area (TPSA) is 62.8 Å². The predicted molar refractivity (Wildman–Crippen MR) is 93.3 cm³/mol. The van der Waals surface area contributed by atoms with Gasteiger partial charge in [-0.05, 0) is 37.1 Å². The number of rotatable bonds is 5. The summed E-state index contributed by atoms with van der Waals surface area (Å²) in [5.74, 6) is 0.547. The lowest BCUT2D eigenvalue weighted by Crippen LogP contribution is -2.33. The van der Waals surface area contributed by atoms with Gasteiger partial charge in [0, 0.05) is 11.6 Å². The number of para-hydroxylation sites is 1. The average Bonchev–Trinajstić information content (AvgIpc) is 2.97. The van der Waals surface area contributed by atoms with Crippen LogP contribution in [-0.2, 0) is 6.42 Å². The second-order valence-corrected chi connectivity index (χ2v) is 6.14. The monoisotopic (exact) mass is 346 g/mol. The highest BCUT2D eigenvalue weighted by Crippen LogP contribution is 2.37. The molecule has 1 saturated heterocycles. The van der Waals surface area contributed by atoms with E-state index >= 15 is 0 Å². The lowest BCUT2D eigenvalue weighted by atomic mass is 9.95. The summed E-state index contributed by atoms with van der Waals surface area (Å²) in [7, 11) is 1.58. The summed E-state index contributed by atoms with van der Waals surface area (Å²) >= 11 is 0. The van der Waals surface area contributed by atoms with Crippen LogP contribution in [0, 0.1) is 5.82 Å². The summed E-state index contributed by atoms with van der Waals surface area (Å²) in [4.78, 5) is 0. The third kappa shape index (κ3) is 3.41. The molecule has 0 saturated carbocycles. The lowest BCUT2D eigenvalue weighted by molar-refractivity contribution is 0.163. The van der Waals surface area contributed by atoms with E-state index in [0.29, 0.717) is 11.3 Å². The van der Waals surface area contributed by atoms with Crippen LogP contribution in [0.25, 0.3) is 0 Å². The number of hydrogen-bond acceptors (Lipinski definition) is 5. The number of hydrazine groups is 1. The Bertz CT molecular complexity index is 753. The highest BCUT2D eigenvalue weighted by atomic mass is 19.1. The van der Waals surface area contributed by atoms with Crippen molar-refractivity contribution in [1.29, 1.82) is 0 Å². The van der Waals surface area contributed by atoms with Crippen molar-refractivity contribution in [3.8, 4) is 17.2 Å². The molecular weight excluding hydrogens is 323 g/mol. The summed E-state index contributed by atoms with van der Waals surface area (Å²) in [5.41, 5.74) is 7.93. The van der Waals surface area contributed by atoms with Crippen molar-refractivity contribution in [2.45, 2.75) is 38.5 Å². The van der Waals surface area contributed by atoms with Crippen LogP contribution in [0.2, 0.25) is 0 Å². The van der Waals surface area contributed by atoms with E-state index in [1.54, 1.807) is 31.4 Å². The number of hydrogen-bond donors (Lipinski definition) is 3. The first-order valence-corrected chi connectivity index (χ1v) is 8.37. The Hall–Kier alpha value is -2.31. The van der Waals surface area contributed by atoms with E-state index in [0.717, 1.165) is 12.0 Å². The van der Waals surface area contributed by atoms with E-state index in [9.17, 15) is 9.50 Å². The molecule has 134 valence electrons. The normalized spacial score (nSPS) is 22.8. The predicted octanol–water partition coefficient (Wildman–Crippen LogP) is 3.09. The lowest BCUT2D eigenvalue weighted by Gasteiger charge is -2.24. The molecule has 5 nitrogen and oxygen atoms in total. The molecule has 0 aliphatic carbocycles. The standard InChI is InChI=1S/C19H23FN2O3/c1-4-12-9-13(15(23)10-17(12)24-3)18-19(11(2)21-22-18)25-16-8-6-5-7-14(16)20/h5-11,18-19,21-23H,4H2,1-3H3. The van der Waals surface area contributed by atoms with Gasteiger partial charge in [0.25, 0.3) is 0 Å². The van der Waals surface area contributed by atoms with E-state index < -0.39 is 5.82 Å². The Kier molecular flexibility index (Phi) is 5.11. The molecule has 3 rings (SSSR count). The minimum atomic E-state index is -0.409. The number of halogens is 1. The zero-order chi connectivity index (χ0) is 18.0. The maximum absolute atomic E-state index is 14.0. The first-order chi connectivity index (χ1) is 12.0. The first kappa shape index (κ1) is 17.5. The molecule has 3 atom stereocenters.